The smallest absolute Gasteiger partial charge is 0.248 e. The van der Waals surface area contributed by atoms with Gasteiger partial charge in [-0.2, -0.15) is 0 Å². The van der Waals surface area contributed by atoms with Crippen molar-refractivity contribution in [2.45, 2.75) is 70.8 Å². The molecule has 3 aliphatic rings. The van der Waals surface area contributed by atoms with Gasteiger partial charge in [-0.25, -0.2) is 0 Å². The summed E-state index contributed by atoms with van der Waals surface area (Å²) in [6, 6.07) is 0. The number of carbonyl (C=O) groups is 2. The van der Waals surface area contributed by atoms with Crippen LogP contribution in [-0.4, -0.2) is 48.4 Å². The Kier molecular flexibility index (Phi) is 5.19. The number of piperidine rings is 1. The lowest BCUT2D eigenvalue weighted by Crippen LogP contribution is -2.61. The second-order valence-corrected chi connectivity index (χ2v) is 7.98. The fourth-order valence-corrected chi connectivity index (χ4v) is 4.88. The summed E-state index contributed by atoms with van der Waals surface area (Å²) in [5.41, 5.74) is -0.415. The van der Waals surface area contributed by atoms with Crippen molar-refractivity contribution in [2.24, 2.45) is 11.3 Å². The third kappa shape index (κ3) is 3.19. The molecule has 5 nitrogen and oxygen atoms in total. The number of carbonyl (C=O) groups excluding carboxylic acids is 2. The summed E-state index contributed by atoms with van der Waals surface area (Å²) in [5, 5.41) is 6.65. The number of nitrogens with zero attached hydrogens (tertiary/aromatic N) is 1. The normalized spacial score (nSPS) is 27.5. The SMILES string of the molecule is CCN(CC)C(=O)C1(NC(=O)C2CC23CCNCC3)CCCCC1. The van der Waals surface area contributed by atoms with Gasteiger partial charge < -0.3 is 15.5 Å². The molecule has 2 amide bonds. The van der Waals surface area contributed by atoms with Crippen LogP contribution in [-0.2, 0) is 9.59 Å². The number of likely N-dealkylation sites (N-methyl/N-ethyl adjacent to an activating group) is 1. The Morgan fingerprint density at radius 1 is 1.04 bits per heavy atom. The van der Waals surface area contributed by atoms with Crippen molar-refractivity contribution < 1.29 is 9.59 Å². The molecule has 0 radical (unpaired) electrons. The van der Waals surface area contributed by atoms with Gasteiger partial charge in [0, 0.05) is 19.0 Å². The Bertz CT molecular complexity index is 475. The van der Waals surface area contributed by atoms with Crippen molar-refractivity contribution in [2.75, 3.05) is 26.2 Å². The Hall–Kier alpha value is -1.10. The van der Waals surface area contributed by atoms with Gasteiger partial charge in [0.15, 0.2) is 0 Å². The average molecular weight is 335 g/mol. The fourth-order valence-electron chi connectivity index (χ4n) is 4.88. The van der Waals surface area contributed by atoms with Gasteiger partial charge in [-0.3, -0.25) is 9.59 Å². The van der Waals surface area contributed by atoms with Crippen LogP contribution in [0.5, 0.6) is 0 Å². The van der Waals surface area contributed by atoms with E-state index in [1.807, 2.05) is 18.7 Å². The van der Waals surface area contributed by atoms with Crippen molar-refractivity contribution in [3.05, 3.63) is 0 Å². The first kappa shape index (κ1) is 17.7. The molecule has 136 valence electrons. The summed E-state index contributed by atoms with van der Waals surface area (Å²) < 4.78 is 0. The molecule has 3 fully saturated rings. The van der Waals surface area contributed by atoms with Crippen molar-refractivity contribution in [3.8, 4) is 0 Å². The third-order valence-electron chi connectivity index (χ3n) is 6.64. The van der Waals surface area contributed by atoms with Crippen LogP contribution in [0.2, 0.25) is 0 Å². The van der Waals surface area contributed by atoms with Gasteiger partial charge in [-0.05, 0) is 64.5 Å². The summed E-state index contributed by atoms with van der Waals surface area (Å²) in [5.74, 6) is 0.405. The zero-order valence-electron chi connectivity index (χ0n) is 15.3. The summed E-state index contributed by atoms with van der Waals surface area (Å²) >= 11 is 0. The highest BCUT2D eigenvalue weighted by Gasteiger charge is 2.59. The first-order valence-corrected chi connectivity index (χ1v) is 9.89. The van der Waals surface area contributed by atoms with Crippen molar-refractivity contribution in [3.63, 3.8) is 0 Å². The van der Waals surface area contributed by atoms with E-state index in [2.05, 4.69) is 10.6 Å². The van der Waals surface area contributed by atoms with E-state index >= 15 is 0 Å². The number of nitrogens with one attached hydrogen (secondary N) is 2. The molecule has 0 aromatic carbocycles. The lowest BCUT2D eigenvalue weighted by Gasteiger charge is -2.40. The highest BCUT2D eigenvalue weighted by atomic mass is 16.2. The van der Waals surface area contributed by atoms with E-state index in [1.54, 1.807) is 0 Å². The molecule has 3 rings (SSSR count). The fraction of sp³-hybridized carbons (Fsp3) is 0.895. The molecule has 0 aromatic heterocycles. The Balaban J connectivity index is 1.70. The third-order valence-corrected chi connectivity index (χ3v) is 6.64. The summed E-state index contributed by atoms with van der Waals surface area (Å²) in [6.45, 7) is 7.51. The van der Waals surface area contributed by atoms with E-state index in [9.17, 15) is 9.59 Å². The standard InChI is InChI=1S/C19H33N3O2/c1-3-22(4-2)17(24)19(8-6-5-7-9-19)21-16(23)15-14-18(15)10-12-20-13-11-18/h15,20H,3-14H2,1-2H3,(H,21,23). The van der Waals surface area contributed by atoms with E-state index in [0.29, 0.717) is 13.1 Å². The second-order valence-electron chi connectivity index (χ2n) is 7.98. The predicted molar refractivity (Wildman–Crippen MR) is 94.5 cm³/mol. The average Bonchev–Trinajstić information content (AvgIpc) is 3.30. The van der Waals surface area contributed by atoms with Crippen molar-refractivity contribution in [1.82, 2.24) is 15.5 Å². The van der Waals surface area contributed by atoms with E-state index in [1.165, 1.54) is 6.42 Å². The van der Waals surface area contributed by atoms with Crippen molar-refractivity contribution in [1.29, 1.82) is 0 Å². The summed E-state index contributed by atoms with van der Waals surface area (Å²) in [7, 11) is 0. The van der Waals surface area contributed by atoms with Crippen LogP contribution < -0.4 is 10.6 Å². The van der Waals surface area contributed by atoms with Gasteiger partial charge in [0.1, 0.15) is 5.54 Å². The Morgan fingerprint density at radius 3 is 2.25 bits per heavy atom. The minimum atomic E-state index is -0.641. The predicted octanol–water partition coefficient (Wildman–Crippen LogP) is 2.06. The van der Waals surface area contributed by atoms with Gasteiger partial charge in [0.2, 0.25) is 11.8 Å². The van der Waals surface area contributed by atoms with Gasteiger partial charge in [-0.1, -0.05) is 19.3 Å². The summed E-state index contributed by atoms with van der Waals surface area (Å²) in [4.78, 5) is 28.0. The van der Waals surface area contributed by atoms with E-state index in [0.717, 1.165) is 58.0 Å². The molecule has 1 spiro atoms. The highest BCUT2D eigenvalue weighted by Crippen LogP contribution is 2.58. The molecule has 5 heteroatoms. The molecule has 24 heavy (non-hydrogen) atoms. The van der Waals surface area contributed by atoms with E-state index in [-0.39, 0.29) is 23.1 Å². The van der Waals surface area contributed by atoms with Gasteiger partial charge in [-0.15, -0.1) is 0 Å². The largest absolute Gasteiger partial charge is 0.341 e. The van der Waals surface area contributed by atoms with Gasteiger partial charge in [0.25, 0.3) is 0 Å². The second kappa shape index (κ2) is 7.03. The molecular weight excluding hydrogens is 302 g/mol. The van der Waals surface area contributed by atoms with Crippen LogP contribution in [0.1, 0.15) is 65.2 Å². The molecule has 1 unspecified atom stereocenters. The molecule has 1 saturated heterocycles. The highest BCUT2D eigenvalue weighted by molar-refractivity contribution is 5.93. The Labute approximate surface area is 145 Å². The van der Waals surface area contributed by atoms with Crippen LogP contribution in [0.4, 0.5) is 0 Å². The maximum absolute atomic E-state index is 13.1. The van der Waals surface area contributed by atoms with E-state index in [4.69, 9.17) is 0 Å². The van der Waals surface area contributed by atoms with Crippen LogP contribution in [0.15, 0.2) is 0 Å². The number of hydrogen-bond acceptors (Lipinski definition) is 3. The molecule has 1 atom stereocenters. The molecule has 0 aromatic rings. The minimum absolute atomic E-state index is 0.128. The molecule has 1 aliphatic heterocycles. The van der Waals surface area contributed by atoms with Crippen LogP contribution >= 0.6 is 0 Å². The van der Waals surface area contributed by atoms with Crippen molar-refractivity contribution >= 4 is 11.8 Å². The van der Waals surface area contributed by atoms with Gasteiger partial charge in [0.05, 0.1) is 0 Å². The number of amides is 2. The lowest BCUT2D eigenvalue weighted by atomic mass is 9.80. The monoisotopic (exact) mass is 335 g/mol. The van der Waals surface area contributed by atoms with Crippen LogP contribution in [0.3, 0.4) is 0 Å². The minimum Gasteiger partial charge on any atom is -0.341 e. The first-order chi connectivity index (χ1) is 11.6. The molecule has 0 bridgehead atoms. The lowest BCUT2D eigenvalue weighted by molar-refractivity contribution is -0.143. The zero-order valence-corrected chi connectivity index (χ0v) is 15.3. The number of rotatable bonds is 5. The summed E-state index contributed by atoms with van der Waals surface area (Å²) in [6.07, 6.45) is 8.05. The molecule has 2 aliphatic carbocycles. The van der Waals surface area contributed by atoms with E-state index < -0.39 is 5.54 Å². The topological polar surface area (TPSA) is 61.4 Å². The van der Waals surface area contributed by atoms with Crippen LogP contribution in [0, 0.1) is 11.3 Å². The maximum atomic E-state index is 13.1. The van der Waals surface area contributed by atoms with Crippen LogP contribution in [0.25, 0.3) is 0 Å². The quantitative estimate of drug-likeness (QED) is 0.808. The molecular formula is C19H33N3O2. The molecule has 1 heterocycles. The van der Waals surface area contributed by atoms with Gasteiger partial charge >= 0.3 is 0 Å². The zero-order chi connectivity index (χ0) is 17.2. The molecule has 2 N–H and O–H groups in total. The maximum Gasteiger partial charge on any atom is 0.248 e. The Morgan fingerprint density at radius 2 is 1.67 bits per heavy atom. The molecule has 2 saturated carbocycles. The first-order valence-electron chi connectivity index (χ1n) is 9.89. The number of hydrogen-bond donors (Lipinski definition) is 2.